The molecular weight excluding hydrogens is 316 g/mol. The first-order valence-corrected chi connectivity index (χ1v) is 8.47. The fourth-order valence-corrected chi connectivity index (χ4v) is 3.42. The van der Waals surface area contributed by atoms with Crippen LogP contribution in [0.5, 0.6) is 5.75 Å². The molecule has 2 aromatic rings. The van der Waals surface area contributed by atoms with E-state index in [2.05, 4.69) is 10.3 Å². The summed E-state index contributed by atoms with van der Waals surface area (Å²) in [5, 5.41) is 2.87. The van der Waals surface area contributed by atoms with Gasteiger partial charge < -0.3 is 15.0 Å². The van der Waals surface area contributed by atoms with Gasteiger partial charge >= 0.3 is 0 Å². The number of carbonyl (C=O) groups excluding carboxylic acids is 1. The summed E-state index contributed by atoms with van der Waals surface area (Å²) in [6.45, 7) is 9.95. The second-order valence-electron chi connectivity index (χ2n) is 7.38. The molecular formula is C20H24N2O3. The number of H-pyrrole nitrogens is 1. The molecule has 1 aliphatic rings. The number of benzene rings is 1. The van der Waals surface area contributed by atoms with Crippen LogP contribution >= 0.6 is 0 Å². The summed E-state index contributed by atoms with van der Waals surface area (Å²) < 4.78 is 5.90. The van der Waals surface area contributed by atoms with E-state index in [4.69, 9.17) is 4.74 Å². The molecule has 0 unspecified atom stereocenters. The molecule has 0 bridgehead atoms. The van der Waals surface area contributed by atoms with Gasteiger partial charge in [0.05, 0.1) is 0 Å². The third-order valence-corrected chi connectivity index (χ3v) is 4.71. The van der Waals surface area contributed by atoms with Crippen LogP contribution < -0.4 is 15.6 Å². The Morgan fingerprint density at radius 3 is 2.68 bits per heavy atom. The predicted octanol–water partition coefficient (Wildman–Crippen LogP) is 2.94. The van der Waals surface area contributed by atoms with E-state index in [1.165, 1.54) is 0 Å². The van der Waals surface area contributed by atoms with Crippen molar-refractivity contribution in [2.24, 2.45) is 0 Å². The number of aromatic amines is 1. The summed E-state index contributed by atoms with van der Waals surface area (Å²) in [6.07, 6.45) is 0.784. The Morgan fingerprint density at radius 1 is 1.28 bits per heavy atom. The number of fused-ring (bicyclic) bond motifs is 1. The summed E-state index contributed by atoms with van der Waals surface area (Å²) >= 11 is 0. The molecule has 0 fully saturated rings. The molecule has 25 heavy (non-hydrogen) atoms. The van der Waals surface area contributed by atoms with Crippen LogP contribution in [0, 0.1) is 20.8 Å². The van der Waals surface area contributed by atoms with Gasteiger partial charge in [-0.15, -0.1) is 0 Å². The average molecular weight is 340 g/mol. The quantitative estimate of drug-likeness (QED) is 0.902. The molecule has 5 nitrogen and oxygen atoms in total. The smallest absolute Gasteiger partial charge is 0.253 e. The highest BCUT2D eigenvalue weighted by Crippen LogP contribution is 2.37. The first kappa shape index (κ1) is 17.3. The monoisotopic (exact) mass is 340 g/mol. The Bertz CT molecular complexity index is 910. The standard InChI is InChI=1S/C20H24N2O3/c1-11-8-12(2)22-19(24)16(11)10-21-18(23)14-6-7-17-15(13(14)3)9-20(4,5)25-17/h6-8H,9-10H2,1-5H3,(H,21,23)(H,22,24). The molecule has 0 saturated heterocycles. The van der Waals surface area contributed by atoms with Gasteiger partial charge in [-0.2, -0.15) is 0 Å². The Hall–Kier alpha value is -2.56. The van der Waals surface area contributed by atoms with E-state index in [1.54, 1.807) is 6.07 Å². The number of hydrogen-bond acceptors (Lipinski definition) is 3. The number of nitrogens with one attached hydrogen (secondary N) is 2. The van der Waals surface area contributed by atoms with Crippen LogP contribution in [0.4, 0.5) is 0 Å². The number of amides is 1. The van der Waals surface area contributed by atoms with Crippen molar-refractivity contribution in [3.63, 3.8) is 0 Å². The van der Waals surface area contributed by atoms with Crippen molar-refractivity contribution in [2.75, 3.05) is 0 Å². The summed E-state index contributed by atoms with van der Waals surface area (Å²) in [5.74, 6) is 0.675. The van der Waals surface area contributed by atoms with Gasteiger partial charge in [-0.3, -0.25) is 9.59 Å². The predicted molar refractivity (Wildman–Crippen MR) is 97.3 cm³/mol. The van der Waals surface area contributed by atoms with Crippen LogP contribution in [-0.4, -0.2) is 16.5 Å². The van der Waals surface area contributed by atoms with E-state index in [9.17, 15) is 9.59 Å². The molecule has 0 atom stereocenters. The molecule has 1 amide bonds. The SMILES string of the molecule is Cc1cc(C)c(CNC(=O)c2ccc3c(c2C)CC(C)(C)O3)c(=O)[nH]1. The third kappa shape index (κ3) is 3.31. The first-order valence-electron chi connectivity index (χ1n) is 8.47. The molecule has 5 heteroatoms. The number of carbonyl (C=O) groups is 1. The second kappa shape index (κ2) is 6.06. The van der Waals surface area contributed by atoms with E-state index < -0.39 is 0 Å². The lowest BCUT2D eigenvalue weighted by molar-refractivity contribution is 0.0950. The van der Waals surface area contributed by atoms with E-state index in [0.717, 1.165) is 34.6 Å². The Kier molecular flexibility index (Phi) is 4.19. The second-order valence-corrected chi connectivity index (χ2v) is 7.38. The minimum Gasteiger partial charge on any atom is -0.487 e. The Morgan fingerprint density at radius 2 is 2.00 bits per heavy atom. The topological polar surface area (TPSA) is 71.2 Å². The van der Waals surface area contributed by atoms with Gasteiger partial charge in [0.2, 0.25) is 0 Å². The summed E-state index contributed by atoms with van der Waals surface area (Å²) in [5.41, 5.74) is 4.53. The number of aryl methyl sites for hydroxylation is 2. The molecule has 1 aromatic heterocycles. The van der Waals surface area contributed by atoms with Gasteiger partial charge in [0.1, 0.15) is 11.4 Å². The number of aromatic nitrogens is 1. The molecule has 0 saturated carbocycles. The molecule has 0 aliphatic carbocycles. The summed E-state index contributed by atoms with van der Waals surface area (Å²) in [6, 6.07) is 5.55. The fraction of sp³-hybridized carbons (Fsp3) is 0.400. The van der Waals surface area contributed by atoms with Crippen LogP contribution in [0.25, 0.3) is 0 Å². The Balaban J connectivity index is 1.81. The fourth-order valence-electron chi connectivity index (χ4n) is 3.42. The zero-order chi connectivity index (χ0) is 18.4. The number of rotatable bonds is 3. The van der Waals surface area contributed by atoms with Crippen molar-refractivity contribution in [3.05, 3.63) is 62.1 Å². The van der Waals surface area contributed by atoms with E-state index in [0.29, 0.717) is 11.1 Å². The van der Waals surface area contributed by atoms with Crippen molar-refractivity contribution in [2.45, 2.75) is 53.2 Å². The molecule has 3 rings (SSSR count). The lowest BCUT2D eigenvalue weighted by atomic mass is 9.94. The van der Waals surface area contributed by atoms with Crippen LogP contribution in [0.2, 0.25) is 0 Å². The molecule has 132 valence electrons. The van der Waals surface area contributed by atoms with Crippen LogP contribution in [0.1, 0.15) is 52.2 Å². The normalized spacial score (nSPS) is 14.8. The zero-order valence-corrected chi connectivity index (χ0v) is 15.4. The maximum absolute atomic E-state index is 12.6. The van der Waals surface area contributed by atoms with Crippen molar-refractivity contribution in [3.8, 4) is 5.75 Å². The van der Waals surface area contributed by atoms with Gasteiger partial charge in [-0.05, 0) is 63.9 Å². The van der Waals surface area contributed by atoms with Crippen LogP contribution in [0.3, 0.4) is 0 Å². The van der Waals surface area contributed by atoms with Gasteiger partial charge in [-0.1, -0.05) is 0 Å². The van der Waals surface area contributed by atoms with Crippen LogP contribution in [0.15, 0.2) is 23.0 Å². The van der Waals surface area contributed by atoms with Crippen molar-refractivity contribution < 1.29 is 9.53 Å². The summed E-state index contributed by atoms with van der Waals surface area (Å²) in [7, 11) is 0. The maximum atomic E-state index is 12.6. The molecule has 1 aliphatic heterocycles. The van der Waals surface area contributed by atoms with E-state index >= 15 is 0 Å². The number of pyridine rings is 1. The Labute approximate surface area is 147 Å². The van der Waals surface area contributed by atoms with Gasteiger partial charge in [0.15, 0.2) is 0 Å². The lowest BCUT2D eigenvalue weighted by Crippen LogP contribution is -2.28. The minimum absolute atomic E-state index is 0.154. The van der Waals surface area contributed by atoms with E-state index in [1.807, 2.05) is 46.8 Å². The lowest BCUT2D eigenvalue weighted by Gasteiger charge is -2.16. The molecule has 1 aromatic carbocycles. The van der Waals surface area contributed by atoms with Gasteiger partial charge in [0, 0.05) is 35.3 Å². The largest absolute Gasteiger partial charge is 0.487 e. The molecule has 2 heterocycles. The zero-order valence-electron chi connectivity index (χ0n) is 15.4. The number of hydrogen-bond donors (Lipinski definition) is 2. The highest BCUT2D eigenvalue weighted by molar-refractivity contribution is 5.96. The van der Waals surface area contributed by atoms with E-state index in [-0.39, 0.29) is 23.6 Å². The highest BCUT2D eigenvalue weighted by Gasteiger charge is 2.32. The van der Waals surface area contributed by atoms with Crippen LogP contribution in [-0.2, 0) is 13.0 Å². The van der Waals surface area contributed by atoms with Gasteiger partial charge in [0.25, 0.3) is 11.5 Å². The van der Waals surface area contributed by atoms with Gasteiger partial charge in [-0.25, -0.2) is 0 Å². The first-order chi connectivity index (χ1) is 11.7. The van der Waals surface area contributed by atoms with Crippen molar-refractivity contribution >= 4 is 5.91 Å². The summed E-state index contributed by atoms with van der Waals surface area (Å²) in [4.78, 5) is 27.5. The molecule has 0 radical (unpaired) electrons. The molecule has 2 N–H and O–H groups in total. The third-order valence-electron chi connectivity index (χ3n) is 4.71. The van der Waals surface area contributed by atoms with Crippen molar-refractivity contribution in [1.82, 2.24) is 10.3 Å². The van der Waals surface area contributed by atoms with Crippen molar-refractivity contribution in [1.29, 1.82) is 0 Å². The molecule has 0 spiro atoms. The minimum atomic E-state index is -0.242. The number of ether oxygens (including phenoxy) is 1. The highest BCUT2D eigenvalue weighted by atomic mass is 16.5. The average Bonchev–Trinajstić information content (AvgIpc) is 2.81. The maximum Gasteiger partial charge on any atom is 0.253 e.